The highest BCUT2D eigenvalue weighted by Crippen LogP contribution is 2.25. The number of carbonyl (C=O) groups excluding carboxylic acids is 2. The van der Waals surface area contributed by atoms with Crippen LogP contribution in [0, 0.1) is 5.92 Å². The van der Waals surface area contributed by atoms with E-state index in [9.17, 15) is 14.7 Å². The lowest BCUT2D eigenvalue weighted by atomic mass is 10.1. The Bertz CT molecular complexity index is 778. The van der Waals surface area contributed by atoms with Gasteiger partial charge in [0.2, 0.25) is 0 Å². The zero-order valence-electron chi connectivity index (χ0n) is 13.6. The first-order valence-electron chi connectivity index (χ1n) is 7.56. The number of aliphatic hydroxyl groups excluding tert-OH is 1. The van der Waals surface area contributed by atoms with Gasteiger partial charge in [0, 0.05) is 0 Å². The Labute approximate surface area is 158 Å². The Balaban J connectivity index is 2.14. The minimum Gasteiger partial charge on any atom is -0.394 e. The molecule has 1 aromatic heterocycles. The number of anilines is 1. The van der Waals surface area contributed by atoms with Gasteiger partial charge in [0.15, 0.2) is 5.69 Å². The Morgan fingerprint density at radius 3 is 2.60 bits per heavy atom. The second kappa shape index (κ2) is 8.46. The van der Waals surface area contributed by atoms with E-state index in [0.717, 1.165) is 0 Å². The first-order chi connectivity index (χ1) is 11.8. The molecule has 0 fully saturated rings. The quantitative estimate of drug-likeness (QED) is 0.566. The monoisotopic (exact) mass is 428 g/mol. The van der Waals surface area contributed by atoms with Gasteiger partial charge in [-0.15, -0.1) is 0 Å². The van der Waals surface area contributed by atoms with Crippen molar-refractivity contribution in [3.8, 4) is 0 Å². The molecule has 0 unspecified atom stereocenters. The maximum absolute atomic E-state index is 12.3. The fourth-order valence-corrected chi connectivity index (χ4v) is 2.73. The normalized spacial score (nSPS) is 12.1. The van der Waals surface area contributed by atoms with Crippen LogP contribution in [-0.4, -0.2) is 39.8 Å². The van der Waals surface area contributed by atoms with Crippen LogP contribution in [0.4, 0.5) is 5.82 Å². The smallest absolute Gasteiger partial charge is 0.273 e. The van der Waals surface area contributed by atoms with Gasteiger partial charge in [-0.05, 0) is 34.0 Å². The molecule has 1 heterocycles. The van der Waals surface area contributed by atoms with E-state index in [-0.39, 0.29) is 24.0 Å². The summed E-state index contributed by atoms with van der Waals surface area (Å²) in [6, 6.07) is 6.22. The Kier molecular flexibility index (Phi) is 6.57. The number of amides is 2. The van der Waals surface area contributed by atoms with Crippen molar-refractivity contribution in [2.24, 2.45) is 5.92 Å². The molecule has 0 bridgehead atoms. The van der Waals surface area contributed by atoms with Gasteiger partial charge in [-0.25, -0.2) is 0 Å². The standard InChI is InChI=1S/C16H18BrClN4O3/c1-8(2)11(7-23)19-16(25)13-12(17)14(22-21-13)20-15(24)9-5-3-4-6-10(9)18/h3-6,8,11,23H,7H2,1-2H3,(H,19,25)(H2,20,21,22,24)/t11-/m1/s1. The minimum atomic E-state index is -0.464. The average Bonchev–Trinajstić information content (AvgIpc) is 2.93. The summed E-state index contributed by atoms with van der Waals surface area (Å²) < 4.78 is 0.311. The van der Waals surface area contributed by atoms with Crippen molar-refractivity contribution in [3.05, 3.63) is 45.0 Å². The number of hydrogen-bond donors (Lipinski definition) is 4. The van der Waals surface area contributed by atoms with Crippen molar-refractivity contribution in [2.45, 2.75) is 19.9 Å². The van der Waals surface area contributed by atoms with Gasteiger partial charge in [0.05, 0.1) is 27.7 Å². The summed E-state index contributed by atoms with van der Waals surface area (Å²) in [6.45, 7) is 3.59. The number of hydrogen-bond acceptors (Lipinski definition) is 4. The maximum Gasteiger partial charge on any atom is 0.273 e. The number of benzene rings is 1. The molecule has 0 aliphatic rings. The number of halogens is 2. The lowest BCUT2D eigenvalue weighted by molar-refractivity contribution is 0.0890. The molecular weight excluding hydrogens is 412 g/mol. The van der Waals surface area contributed by atoms with E-state index in [1.807, 2.05) is 13.8 Å². The Hall–Kier alpha value is -1.90. The molecule has 7 nitrogen and oxygen atoms in total. The van der Waals surface area contributed by atoms with Crippen LogP contribution >= 0.6 is 27.5 Å². The average molecular weight is 430 g/mol. The molecule has 0 spiro atoms. The molecule has 25 heavy (non-hydrogen) atoms. The first kappa shape index (κ1) is 19.4. The summed E-state index contributed by atoms with van der Waals surface area (Å²) in [5.41, 5.74) is 0.380. The molecule has 4 N–H and O–H groups in total. The summed E-state index contributed by atoms with van der Waals surface area (Å²) in [7, 11) is 0. The number of carbonyl (C=O) groups is 2. The maximum atomic E-state index is 12.3. The molecule has 0 aliphatic heterocycles. The molecule has 2 aromatic rings. The minimum absolute atomic E-state index is 0.0612. The van der Waals surface area contributed by atoms with Crippen molar-refractivity contribution in [1.82, 2.24) is 15.5 Å². The van der Waals surface area contributed by atoms with E-state index in [1.165, 1.54) is 0 Å². The van der Waals surface area contributed by atoms with E-state index in [2.05, 4.69) is 36.8 Å². The molecule has 0 saturated heterocycles. The fourth-order valence-electron chi connectivity index (χ4n) is 2.05. The number of nitrogens with zero attached hydrogens (tertiary/aromatic N) is 1. The van der Waals surface area contributed by atoms with Crippen LogP contribution in [0.25, 0.3) is 0 Å². The molecule has 134 valence electrons. The van der Waals surface area contributed by atoms with E-state index >= 15 is 0 Å². The van der Waals surface area contributed by atoms with E-state index in [0.29, 0.717) is 15.1 Å². The summed E-state index contributed by atoms with van der Waals surface area (Å²) in [5, 5.41) is 21.5. The van der Waals surface area contributed by atoms with Gasteiger partial charge in [0.25, 0.3) is 11.8 Å². The van der Waals surface area contributed by atoms with E-state index in [4.69, 9.17) is 11.6 Å². The van der Waals surface area contributed by atoms with Crippen molar-refractivity contribution in [2.75, 3.05) is 11.9 Å². The van der Waals surface area contributed by atoms with E-state index in [1.54, 1.807) is 24.3 Å². The number of aliphatic hydroxyl groups is 1. The molecule has 1 atom stereocenters. The fraction of sp³-hybridized carbons (Fsp3) is 0.312. The highest BCUT2D eigenvalue weighted by molar-refractivity contribution is 9.10. The highest BCUT2D eigenvalue weighted by Gasteiger charge is 2.23. The molecule has 1 aromatic carbocycles. The predicted octanol–water partition coefficient (Wildman–Crippen LogP) is 2.82. The van der Waals surface area contributed by atoms with Crippen LogP contribution in [0.5, 0.6) is 0 Å². The SMILES string of the molecule is CC(C)[C@@H](CO)NC(=O)c1n[nH]c(NC(=O)c2ccccc2Cl)c1Br. The number of nitrogens with one attached hydrogen (secondary N) is 3. The largest absolute Gasteiger partial charge is 0.394 e. The first-order valence-corrected chi connectivity index (χ1v) is 8.73. The molecule has 0 saturated carbocycles. The second-order valence-electron chi connectivity index (χ2n) is 5.70. The van der Waals surface area contributed by atoms with E-state index < -0.39 is 17.9 Å². The topological polar surface area (TPSA) is 107 Å². The van der Waals surface area contributed by atoms with Gasteiger partial charge in [-0.2, -0.15) is 5.10 Å². The van der Waals surface area contributed by atoms with Gasteiger partial charge < -0.3 is 15.7 Å². The predicted molar refractivity (Wildman–Crippen MR) is 98.9 cm³/mol. The summed E-state index contributed by atoms with van der Waals surface area (Å²) >= 11 is 9.25. The second-order valence-corrected chi connectivity index (χ2v) is 6.90. The van der Waals surface area contributed by atoms with Gasteiger partial charge in [0.1, 0.15) is 5.82 Å². The van der Waals surface area contributed by atoms with Crippen LogP contribution in [0.15, 0.2) is 28.7 Å². The molecule has 9 heteroatoms. The van der Waals surface area contributed by atoms with Gasteiger partial charge in [-0.1, -0.05) is 37.6 Å². The molecular formula is C16H18BrClN4O3. The third-order valence-corrected chi connectivity index (χ3v) is 4.70. The van der Waals surface area contributed by atoms with Crippen molar-refractivity contribution in [3.63, 3.8) is 0 Å². The number of aromatic amines is 1. The van der Waals surface area contributed by atoms with Crippen LogP contribution in [0.2, 0.25) is 5.02 Å². The van der Waals surface area contributed by atoms with Crippen molar-refractivity contribution >= 4 is 45.2 Å². The lowest BCUT2D eigenvalue weighted by Gasteiger charge is -2.19. The third-order valence-electron chi connectivity index (χ3n) is 3.60. The highest BCUT2D eigenvalue weighted by atomic mass is 79.9. The number of aromatic nitrogens is 2. The van der Waals surface area contributed by atoms with Gasteiger partial charge in [-0.3, -0.25) is 14.7 Å². The Morgan fingerprint density at radius 2 is 2.00 bits per heavy atom. The molecule has 2 rings (SSSR count). The van der Waals surface area contributed by atoms with Crippen LogP contribution in [0.1, 0.15) is 34.7 Å². The summed E-state index contributed by atoms with van der Waals surface area (Å²) in [4.78, 5) is 24.6. The zero-order valence-corrected chi connectivity index (χ0v) is 16.0. The number of H-pyrrole nitrogens is 1. The van der Waals surface area contributed by atoms with Crippen molar-refractivity contribution < 1.29 is 14.7 Å². The Morgan fingerprint density at radius 1 is 1.32 bits per heavy atom. The molecule has 0 aliphatic carbocycles. The zero-order chi connectivity index (χ0) is 18.6. The summed E-state index contributed by atoms with van der Waals surface area (Å²) in [6.07, 6.45) is 0. The van der Waals surface area contributed by atoms with Crippen LogP contribution < -0.4 is 10.6 Å². The molecule has 0 radical (unpaired) electrons. The lowest BCUT2D eigenvalue weighted by Crippen LogP contribution is -2.41. The van der Waals surface area contributed by atoms with Crippen LogP contribution in [0.3, 0.4) is 0 Å². The van der Waals surface area contributed by atoms with Crippen molar-refractivity contribution in [1.29, 1.82) is 0 Å². The van der Waals surface area contributed by atoms with Crippen LogP contribution in [-0.2, 0) is 0 Å². The summed E-state index contributed by atoms with van der Waals surface area (Å²) in [5.74, 6) is -0.599. The third kappa shape index (κ3) is 4.59. The molecule has 2 amide bonds. The number of rotatable bonds is 6. The van der Waals surface area contributed by atoms with Gasteiger partial charge >= 0.3 is 0 Å².